The van der Waals surface area contributed by atoms with Gasteiger partial charge in [0.2, 0.25) is 0 Å². The molecule has 0 atom stereocenters. The second-order valence-corrected chi connectivity index (χ2v) is 8.45. The summed E-state index contributed by atoms with van der Waals surface area (Å²) in [5.74, 6) is 0. The van der Waals surface area contributed by atoms with Crippen molar-refractivity contribution in [2.45, 2.75) is 26.7 Å². The Labute approximate surface area is 200 Å². The molecule has 0 N–H and O–H groups in total. The molecule has 1 aliphatic heterocycles. The van der Waals surface area contributed by atoms with Crippen molar-refractivity contribution in [2.24, 2.45) is 0 Å². The Morgan fingerprint density at radius 2 is 0.774 bits per heavy atom. The monoisotopic (exact) mass is 545 g/mol. The van der Waals surface area contributed by atoms with Crippen LogP contribution >= 0.6 is 0 Å². The first-order chi connectivity index (χ1) is 13.7. The second-order valence-electron chi connectivity index (χ2n) is 6.94. The average molecular weight is 547 g/mol. The number of hydrogen-bond donors (Lipinski definition) is 0. The van der Waals surface area contributed by atoms with Crippen molar-refractivity contribution in [2.75, 3.05) is 79.5 Å². The van der Waals surface area contributed by atoms with E-state index in [-0.39, 0.29) is 17.1 Å². The summed E-state index contributed by atoms with van der Waals surface area (Å²) in [5, 5.41) is 0. The molecule has 0 aromatic heterocycles. The summed E-state index contributed by atoms with van der Waals surface area (Å²) in [7, 11) is -5.37. The molecule has 0 bridgehead atoms. The Morgan fingerprint density at radius 1 is 0.516 bits per heavy atom. The van der Waals surface area contributed by atoms with E-state index in [1.807, 2.05) is 0 Å². The predicted octanol–water partition coefficient (Wildman–Crippen LogP) is -8.23. The van der Waals surface area contributed by atoms with Gasteiger partial charge in [0, 0.05) is 26.2 Å². The van der Waals surface area contributed by atoms with Crippen molar-refractivity contribution in [3.8, 4) is 0 Å². The van der Waals surface area contributed by atoms with Crippen molar-refractivity contribution in [3.63, 3.8) is 0 Å². The zero-order valence-electron chi connectivity index (χ0n) is 18.6. The van der Waals surface area contributed by atoms with Crippen LogP contribution in [0.2, 0.25) is 0 Å². The minimum Gasteiger partial charge on any atom is -0.305 e. The average Bonchev–Trinajstić information content (AvgIpc) is 2.57. The summed E-state index contributed by atoms with van der Waals surface area (Å²) >= 11 is 0. The Bertz CT molecular complexity index is 361. The number of rotatable bonds is 2. The van der Waals surface area contributed by atoms with Gasteiger partial charge in [0.15, 0.2) is 0 Å². The molecular formula is C16H36Cl2CuN4O8. The summed E-state index contributed by atoms with van der Waals surface area (Å²) < 4.78 is 67.9. The molecule has 1 rings (SSSR count). The summed E-state index contributed by atoms with van der Waals surface area (Å²) in [5.41, 5.74) is 0. The first kappa shape index (κ1) is 36.2. The molecule has 15 heteroatoms. The van der Waals surface area contributed by atoms with Crippen LogP contribution in [0.25, 0.3) is 0 Å². The Hall–Kier alpha value is 0.619. The molecule has 0 aromatic rings. The van der Waals surface area contributed by atoms with Crippen LogP contribution < -0.4 is 37.3 Å². The van der Waals surface area contributed by atoms with Crippen molar-refractivity contribution in [3.05, 3.63) is 0 Å². The molecule has 1 radical (unpaired) electrons. The fourth-order valence-electron chi connectivity index (χ4n) is 2.83. The fourth-order valence-corrected chi connectivity index (χ4v) is 2.83. The van der Waals surface area contributed by atoms with Gasteiger partial charge in [-0.1, -0.05) is 13.8 Å². The van der Waals surface area contributed by atoms with E-state index < -0.39 is 20.5 Å². The van der Waals surface area contributed by atoms with Crippen LogP contribution in [0.4, 0.5) is 0 Å². The first-order valence-corrected chi connectivity index (χ1v) is 12.2. The fraction of sp³-hybridized carbons (Fsp3) is 1.00. The van der Waals surface area contributed by atoms with E-state index in [0.717, 1.165) is 0 Å². The van der Waals surface area contributed by atoms with Crippen LogP contribution in [0.1, 0.15) is 26.7 Å². The number of hydrogen-bond acceptors (Lipinski definition) is 12. The van der Waals surface area contributed by atoms with Crippen LogP contribution in [-0.4, -0.2) is 99.1 Å². The normalized spacial score (nSPS) is 19.7. The van der Waals surface area contributed by atoms with Crippen molar-refractivity contribution in [1.82, 2.24) is 19.6 Å². The summed E-state index contributed by atoms with van der Waals surface area (Å²) in [6.45, 7) is 16.7. The molecule has 0 amide bonds. The molecule has 1 heterocycles. The van der Waals surface area contributed by atoms with Gasteiger partial charge in [0.05, 0.1) is 0 Å². The Morgan fingerprint density at radius 3 is 1.00 bits per heavy atom. The van der Waals surface area contributed by atoms with E-state index >= 15 is 0 Å². The maximum atomic E-state index is 8.49. The summed E-state index contributed by atoms with van der Waals surface area (Å²) in [6, 6.07) is 0. The van der Waals surface area contributed by atoms with Gasteiger partial charge in [-0.15, -0.1) is 20.5 Å². The molecule has 31 heavy (non-hydrogen) atoms. The molecule has 193 valence electrons. The SMILES string of the molecule is CCN1CCCN(C)CCN(C)CCCN(CC)CC1.[Cu+2].[O-][Cl+3]([O-])([O-])[O-].[O-][Cl+3]([O-])([O-])[O-]. The Balaban J connectivity index is -0.000000595. The largest absolute Gasteiger partial charge is 2.00 e. The second kappa shape index (κ2) is 20.0. The van der Waals surface area contributed by atoms with Gasteiger partial charge in [-0.2, -0.15) is 0 Å². The molecule has 1 saturated heterocycles. The van der Waals surface area contributed by atoms with Gasteiger partial charge in [-0.25, -0.2) is 37.3 Å². The van der Waals surface area contributed by atoms with Gasteiger partial charge >= 0.3 is 17.1 Å². The molecule has 0 unspecified atom stereocenters. The van der Waals surface area contributed by atoms with Gasteiger partial charge in [0.25, 0.3) is 0 Å². The maximum Gasteiger partial charge on any atom is 2.00 e. The topological polar surface area (TPSA) is 197 Å². The van der Waals surface area contributed by atoms with Crippen LogP contribution in [-0.2, 0) is 17.1 Å². The third-order valence-corrected chi connectivity index (χ3v) is 4.52. The minimum absolute atomic E-state index is 0. The van der Waals surface area contributed by atoms with Crippen LogP contribution in [0.15, 0.2) is 0 Å². The van der Waals surface area contributed by atoms with E-state index in [1.165, 1.54) is 78.3 Å². The van der Waals surface area contributed by atoms with E-state index in [4.69, 9.17) is 37.3 Å². The van der Waals surface area contributed by atoms with Crippen LogP contribution in [0.3, 0.4) is 0 Å². The van der Waals surface area contributed by atoms with Crippen molar-refractivity contribution >= 4 is 0 Å². The zero-order valence-corrected chi connectivity index (χ0v) is 21.1. The van der Waals surface area contributed by atoms with Gasteiger partial charge in [-0.3, -0.25) is 0 Å². The molecule has 1 fully saturated rings. The van der Waals surface area contributed by atoms with Gasteiger partial charge in [-0.05, 0) is 66.2 Å². The van der Waals surface area contributed by atoms with E-state index in [9.17, 15) is 0 Å². The molecule has 12 nitrogen and oxygen atoms in total. The zero-order chi connectivity index (χ0) is 23.8. The maximum absolute atomic E-state index is 8.49. The predicted molar refractivity (Wildman–Crippen MR) is 88.5 cm³/mol. The number of likely N-dealkylation sites (N-methyl/N-ethyl adjacent to an activating group) is 4. The molecule has 0 saturated carbocycles. The number of halogens is 2. The Kier molecular flexibility index (Phi) is 23.4. The first-order valence-electron chi connectivity index (χ1n) is 9.71. The summed E-state index contributed by atoms with van der Waals surface area (Å²) in [6.07, 6.45) is 2.58. The molecule has 0 spiro atoms. The van der Waals surface area contributed by atoms with Crippen molar-refractivity contribution in [1.29, 1.82) is 0 Å². The minimum atomic E-state index is -4.94. The summed E-state index contributed by atoms with van der Waals surface area (Å²) in [4.78, 5) is 10.2. The van der Waals surface area contributed by atoms with Crippen LogP contribution in [0.5, 0.6) is 0 Å². The smallest absolute Gasteiger partial charge is 0.305 e. The number of nitrogens with zero attached hydrogens (tertiary/aromatic N) is 4. The van der Waals surface area contributed by atoms with Crippen molar-refractivity contribution < 1.29 is 74.8 Å². The standard InChI is InChI=1S/C16H36N4.2ClHO4.Cu/c1-5-19-11-7-9-17(3)13-14-18(4)10-8-12-20(6-2)16-15-19;2*2-1(3,4)5;/h5-16H2,1-4H3;2*(H,2,3,4,5);/q;;;+2/p-2. The van der Waals surface area contributed by atoms with E-state index in [2.05, 4.69) is 47.5 Å². The van der Waals surface area contributed by atoms with Gasteiger partial charge in [0.1, 0.15) is 0 Å². The van der Waals surface area contributed by atoms with E-state index in [0.29, 0.717) is 0 Å². The third kappa shape index (κ3) is 35.4. The molecule has 1 aliphatic rings. The third-order valence-electron chi connectivity index (χ3n) is 4.52. The quantitative estimate of drug-likeness (QED) is 0.297. The van der Waals surface area contributed by atoms with Gasteiger partial charge < -0.3 is 19.6 Å². The van der Waals surface area contributed by atoms with E-state index in [1.54, 1.807) is 0 Å². The van der Waals surface area contributed by atoms with Crippen LogP contribution in [0, 0.1) is 20.5 Å². The molecule has 0 aromatic carbocycles. The molecular weight excluding hydrogens is 511 g/mol. The molecule has 0 aliphatic carbocycles.